The maximum atomic E-state index is 11.7. The summed E-state index contributed by atoms with van der Waals surface area (Å²) in [6.45, 7) is 0. The van der Waals surface area contributed by atoms with Crippen LogP contribution < -0.4 is 5.43 Å². The fourth-order valence-corrected chi connectivity index (χ4v) is 1.50. The highest BCUT2D eigenvalue weighted by Crippen LogP contribution is 2.11. The number of nitrogens with one attached hydrogen (secondary N) is 1. The Hall–Kier alpha value is -3.02. The van der Waals surface area contributed by atoms with Gasteiger partial charge in [-0.15, -0.1) is 0 Å². The number of amides is 1. The summed E-state index contributed by atoms with van der Waals surface area (Å²) in [5.74, 6) is -0.424. The molecule has 0 unspecified atom stereocenters. The van der Waals surface area contributed by atoms with E-state index >= 15 is 0 Å². The van der Waals surface area contributed by atoms with Crippen LogP contribution in [0.1, 0.15) is 15.9 Å². The molecule has 0 atom stereocenters. The zero-order chi connectivity index (χ0) is 14.4. The first-order valence-electron chi connectivity index (χ1n) is 5.80. The van der Waals surface area contributed by atoms with Gasteiger partial charge in [0.1, 0.15) is 0 Å². The van der Waals surface area contributed by atoms with E-state index in [9.17, 15) is 14.9 Å². The molecule has 0 aliphatic carbocycles. The molecule has 2 aromatic rings. The van der Waals surface area contributed by atoms with Crippen molar-refractivity contribution in [3.05, 3.63) is 75.8 Å². The zero-order valence-electron chi connectivity index (χ0n) is 10.4. The summed E-state index contributed by atoms with van der Waals surface area (Å²) in [5, 5.41) is 14.3. The highest BCUT2D eigenvalue weighted by Gasteiger charge is 2.08. The number of nitro benzene ring substituents is 1. The highest BCUT2D eigenvalue weighted by molar-refractivity contribution is 5.95. The molecule has 0 aliphatic heterocycles. The van der Waals surface area contributed by atoms with E-state index in [-0.39, 0.29) is 5.69 Å². The molecule has 0 radical (unpaired) electrons. The number of carbonyl (C=O) groups is 1. The van der Waals surface area contributed by atoms with Gasteiger partial charge in [-0.1, -0.05) is 30.3 Å². The van der Waals surface area contributed by atoms with Crippen molar-refractivity contribution >= 4 is 17.8 Å². The van der Waals surface area contributed by atoms with Crippen LogP contribution in [0, 0.1) is 10.1 Å². The van der Waals surface area contributed by atoms with Gasteiger partial charge in [0, 0.05) is 17.7 Å². The topological polar surface area (TPSA) is 84.6 Å². The largest absolute Gasteiger partial charge is 0.271 e. The van der Waals surface area contributed by atoms with Gasteiger partial charge in [0.25, 0.3) is 11.6 Å². The maximum absolute atomic E-state index is 11.7. The van der Waals surface area contributed by atoms with Crippen molar-refractivity contribution < 1.29 is 9.72 Å². The monoisotopic (exact) mass is 269 g/mol. The molecule has 0 saturated carbocycles. The number of hydrogen-bond donors (Lipinski definition) is 1. The fraction of sp³-hybridized carbons (Fsp3) is 0. The Bertz CT molecular complexity index is 636. The number of nitrogens with zero attached hydrogens (tertiary/aromatic N) is 2. The molecule has 0 aromatic heterocycles. The van der Waals surface area contributed by atoms with E-state index in [0.717, 1.165) is 5.56 Å². The SMILES string of the molecule is O=C(NN=Cc1ccccc1)c1ccc([N+](=O)[O-])cc1. The van der Waals surface area contributed by atoms with Gasteiger partial charge in [-0.2, -0.15) is 5.10 Å². The van der Waals surface area contributed by atoms with Crippen LogP contribution >= 0.6 is 0 Å². The van der Waals surface area contributed by atoms with Crippen LogP contribution in [-0.4, -0.2) is 17.0 Å². The molecule has 1 amide bonds. The third-order valence-electron chi connectivity index (χ3n) is 2.52. The second-order valence-corrected chi connectivity index (χ2v) is 3.91. The third-order valence-corrected chi connectivity index (χ3v) is 2.52. The van der Waals surface area contributed by atoms with Gasteiger partial charge < -0.3 is 0 Å². The van der Waals surface area contributed by atoms with Gasteiger partial charge in [-0.3, -0.25) is 14.9 Å². The first kappa shape index (κ1) is 13.4. The lowest BCUT2D eigenvalue weighted by Crippen LogP contribution is -2.17. The summed E-state index contributed by atoms with van der Waals surface area (Å²) in [4.78, 5) is 21.7. The number of non-ortho nitro benzene ring substituents is 1. The van der Waals surface area contributed by atoms with Crippen molar-refractivity contribution in [2.24, 2.45) is 5.10 Å². The van der Waals surface area contributed by atoms with Crippen molar-refractivity contribution in [1.29, 1.82) is 0 Å². The summed E-state index contributed by atoms with van der Waals surface area (Å²) in [5.41, 5.74) is 3.46. The number of hydrogen-bond acceptors (Lipinski definition) is 4. The summed E-state index contributed by atoms with van der Waals surface area (Å²) in [6.07, 6.45) is 1.52. The molecule has 0 bridgehead atoms. The smallest absolute Gasteiger partial charge is 0.267 e. The zero-order valence-corrected chi connectivity index (χ0v) is 10.4. The van der Waals surface area contributed by atoms with Crippen LogP contribution in [0.3, 0.4) is 0 Å². The predicted octanol–water partition coefficient (Wildman–Crippen LogP) is 2.36. The second-order valence-electron chi connectivity index (χ2n) is 3.91. The minimum atomic E-state index is -0.519. The molecule has 20 heavy (non-hydrogen) atoms. The number of carbonyl (C=O) groups excluding carboxylic acids is 1. The van der Waals surface area contributed by atoms with E-state index in [1.54, 1.807) is 0 Å². The average molecular weight is 269 g/mol. The fourth-order valence-electron chi connectivity index (χ4n) is 1.50. The van der Waals surface area contributed by atoms with Crippen LogP contribution in [0.4, 0.5) is 5.69 Å². The van der Waals surface area contributed by atoms with E-state index in [1.165, 1.54) is 30.5 Å². The lowest BCUT2D eigenvalue weighted by atomic mass is 10.2. The van der Waals surface area contributed by atoms with Crippen LogP contribution in [0.2, 0.25) is 0 Å². The Morgan fingerprint density at radius 2 is 1.75 bits per heavy atom. The molecule has 0 saturated heterocycles. The second kappa shape index (κ2) is 6.24. The Labute approximate surface area is 114 Å². The lowest BCUT2D eigenvalue weighted by molar-refractivity contribution is -0.384. The van der Waals surface area contributed by atoms with E-state index in [4.69, 9.17) is 0 Å². The van der Waals surface area contributed by atoms with Gasteiger partial charge in [-0.05, 0) is 17.7 Å². The Morgan fingerprint density at radius 1 is 1.10 bits per heavy atom. The van der Waals surface area contributed by atoms with Gasteiger partial charge in [0.15, 0.2) is 0 Å². The molecule has 100 valence electrons. The molecule has 6 heteroatoms. The van der Waals surface area contributed by atoms with Crippen molar-refractivity contribution in [3.8, 4) is 0 Å². The van der Waals surface area contributed by atoms with Crippen molar-refractivity contribution in [3.63, 3.8) is 0 Å². The maximum Gasteiger partial charge on any atom is 0.271 e. The minimum absolute atomic E-state index is 0.0608. The van der Waals surface area contributed by atoms with Gasteiger partial charge in [0.05, 0.1) is 11.1 Å². The average Bonchev–Trinajstić information content (AvgIpc) is 2.48. The van der Waals surface area contributed by atoms with E-state index in [0.29, 0.717) is 5.56 Å². The Kier molecular flexibility index (Phi) is 4.18. The number of rotatable bonds is 4. The molecule has 2 aromatic carbocycles. The Morgan fingerprint density at radius 3 is 2.35 bits per heavy atom. The van der Waals surface area contributed by atoms with Crippen LogP contribution in [0.25, 0.3) is 0 Å². The van der Waals surface area contributed by atoms with Crippen LogP contribution in [-0.2, 0) is 0 Å². The molecule has 0 aliphatic rings. The molecule has 6 nitrogen and oxygen atoms in total. The first-order valence-corrected chi connectivity index (χ1v) is 5.80. The molecule has 2 rings (SSSR count). The summed E-state index contributed by atoms with van der Waals surface area (Å²) >= 11 is 0. The normalized spacial score (nSPS) is 10.4. The molecule has 0 fully saturated rings. The third kappa shape index (κ3) is 3.49. The molecular weight excluding hydrogens is 258 g/mol. The van der Waals surface area contributed by atoms with Crippen molar-refractivity contribution in [1.82, 2.24) is 5.43 Å². The van der Waals surface area contributed by atoms with Gasteiger partial charge in [0.2, 0.25) is 0 Å². The van der Waals surface area contributed by atoms with Gasteiger partial charge >= 0.3 is 0 Å². The first-order chi connectivity index (χ1) is 9.66. The van der Waals surface area contributed by atoms with Crippen molar-refractivity contribution in [2.75, 3.05) is 0 Å². The highest BCUT2D eigenvalue weighted by atomic mass is 16.6. The number of benzene rings is 2. The lowest BCUT2D eigenvalue weighted by Gasteiger charge is -1.99. The summed E-state index contributed by atoms with van der Waals surface area (Å²) in [7, 11) is 0. The minimum Gasteiger partial charge on any atom is -0.267 e. The van der Waals surface area contributed by atoms with Crippen molar-refractivity contribution in [2.45, 2.75) is 0 Å². The molecule has 0 spiro atoms. The number of hydrazone groups is 1. The molecule has 0 heterocycles. The summed E-state index contributed by atoms with van der Waals surface area (Å²) < 4.78 is 0. The van der Waals surface area contributed by atoms with Crippen LogP contribution in [0.15, 0.2) is 59.7 Å². The number of nitro groups is 1. The summed E-state index contributed by atoms with van der Waals surface area (Å²) in [6, 6.07) is 14.6. The quantitative estimate of drug-likeness (QED) is 0.525. The van der Waals surface area contributed by atoms with Gasteiger partial charge in [-0.25, -0.2) is 5.43 Å². The molecular formula is C14H11N3O3. The van der Waals surface area contributed by atoms with E-state index in [2.05, 4.69) is 10.5 Å². The van der Waals surface area contributed by atoms with Crippen LogP contribution in [0.5, 0.6) is 0 Å². The van der Waals surface area contributed by atoms with E-state index < -0.39 is 10.8 Å². The molecule has 1 N–H and O–H groups in total. The van der Waals surface area contributed by atoms with E-state index in [1.807, 2.05) is 30.3 Å². The Balaban J connectivity index is 1.98. The standard InChI is InChI=1S/C14H11N3O3/c18-14(12-6-8-13(9-7-12)17(19)20)16-15-10-11-4-2-1-3-5-11/h1-10H,(H,16,18). The predicted molar refractivity (Wildman–Crippen MR) is 74.6 cm³/mol.